The molecule has 2 heterocycles. The van der Waals surface area contributed by atoms with Crippen LogP contribution < -0.4 is 5.73 Å². The third-order valence-electron chi connectivity index (χ3n) is 2.80. The molecule has 5 heteroatoms. The van der Waals surface area contributed by atoms with Crippen LogP contribution in [-0.2, 0) is 0 Å². The van der Waals surface area contributed by atoms with Crippen molar-refractivity contribution < 1.29 is 0 Å². The number of imidazole rings is 1. The van der Waals surface area contributed by atoms with E-state index in [1.54, 1.807) is 18.6 Å². The molecule has 0 aliphatic carbocycles. The van der Waals surface area contributed by atoms with E-state index in [0.29, 0.717) is 10.7 Å². The molecular formula is C14H11ClN4. The molecule has 1 aromatic carbocycles. The molecule has 0 aliphatic heterocycles. The molecular weight excluding hydrogens is 260 g/mol. The lowest BCUT2D eigenvalue weighted by atomic mass is 10.2. The summed E-state index contributed by atoms with van der Waals surface area (Å²) < 4.78 is 1.92. The largest absolute Gasteiger partial charge is 0.399 e. The zero-order chi connectivity index (χ0) is 13.2. The van der Waals surface area contributed by atoms with Crippen molar-refractivity contribution in [2.75, 3.05) is 5.73 Å². The van der Waals surface area contributed by atoms with Crippen LogP contribution in [0.1, 0.15) is 0 Å². The molecule has 4 nitrogen and oxygen atoms in total. The summed E-state index contributed by atoms with van der Waals surface area (Å²) in [5.41, 5.74) is 8.29. The van der Waals surface area contributed by atoms with Gasteiger partial charge in [-0.3, -0.25) is 9.55 Å². The number of hydrogen-bond donors (Lipinski definition) is 1. The Morgan fingerprint density at radius 1 is 1.16 bits per heavy atom. The summed E-state index contributed by atoms with van der Waals surface area (Å²) in [7, 11) is 0. The van der Waals surface area contributed by atoms with Gasteiger partial charge in [0.05, 0.1) is 10.7 Å². The number of aromatic nitrogens is 3. The maximum absolute atomic E-state index is 6.17. The predicted octanol–water partition coefficient (Wildman–Crippen LogP) is 3.17. The topological polar surface area (TPSA) is 56.7 Å². The molecule has 0 bridgehead atoms. The summed E-state index contributed by atoms with van der Waals surface area (Å²) in [5, 5.41) is 0.575. The van der Waals surface area contributed by atoms with Gasteiger partial charge in [0.15, 0.2) is 0 Å². The monoisotopic (exact) mass is 270 g/mol. The molecule has 94 valence electrons. The van der Waals surface area contributed by atoms with Crippen LogP contribution in [0.5, 0.6) is 0 Å². The number of pyridine rings is 1. The fourth-order valence-corrected chi connectivity index (χ4v) is 2.16. The van der Waals surface area contributed by atoms with E-state index >= 15 is 0 Å². The number of hydrogen-bond acceptors (Lipinski definition) is 3. The molecule has 0 radical (unpaired) electrons. The number of nitrogen functional groups attached to an aromatic ring is 1. The summed E-state index contributed by atoms with van der Waals surface area (Å²) in [6.07, 6.45) is 6.90. The first-order valence-corrected chi connectivity index (χ1v) is 6.12. The van der Waals surface area contributed by atoms with Crippen molar-refractivity contribution in [3.8, 4) is 17.1 Å². The molecule has 0 amide bonds. The van der Waals surface area contributed by atoms with Crippen LogP contribution >= 0.6 is 11.6 Å². The predicted molar refractivity (Wildman–Crippen MR) is 76.2 cm³/mol. The Labute approximate surface area is 115 Å². The van der Waals surface area contributed by atoms with Crippen LogP contribution in [0.15, 0.2) is 55.1 Å². The highest BCUT2D eigenvalue weighted by atomic mass is 35.5. The number of nitrogens with two attached hydrogens (primary N) is 1. The zero-order valence-electron chi connectivity index (χ0n) is 9.99. The lowest BCUT2D eigenvalue weighted by Crippen LogP contribution is -1.98. The standard InChI is InChI=1S/C14H11ClN4/c15-12-9-17-5-4-13(12)19-7-6-18-14(19)10-2-1-3-11(16)8-10/h1-9H,16H2. The Morgan fingerprint density at radius 3 is 2.84 bits per heavy atom. The smallest absolute Gasteiger partial charge is 0.144 e. The van der Waals surface area contributed by atoms with Crippen molar-refractivity contribution in [2.24, 2.45) is 0 Å². The van der Waals surface area contributed by atoms with Gasteiger partial charge in [-0.1, -0.05) is 23.7 Å². The van der Waals surface area contributed by atoms with Crippen LogP contribution in [0.3, 0.4) is 0 Å². The number of anilines is 1. The lowest BCUT2D eigenvalue weighted by Gasteiger charge is -2.09. The zero-order valence-corrected chi connectivity index (χ0v) is 10.7. The van der Waals surface area contributed by atoms with Gasteiger partial charge < -0.3 is 5.73 Å². The van der Waals surface area contributed by atoms with Crippen LogP contribution in [0.25, 0.3) is 17.1 Å². The van der Waals surface area contributed by atoms with Gasteiger partial charge in [-0.2, -0.15) is 0 Å². The van der Waals surface area contributed by atoms with Gasteiger partial charge in [0, 0.05) is 36.0 Å². The third kappa shape index (κ3) is 2.18. The van der Waals surface area contributed by atoms with E-state index in [0.717, 1.165) is 17.1 Å². The van der Waals surface area contributed by atoms with E-state index in [1.807, 2.05) is 41.1 Å². The van der Waals surface area contributed by atoms with Crippen molar-refractivity contribution in [3.63, 3.8) is 0 Å². The maximum atomic E-state index is 6.17. The SMILES string of the molecule is Nc1cccc(-c2nccn2-c2ccncc2Cl)c1. The Balaban J connectivity index is 2.16. The summed E-state index contributed by atoms with van der Waals surface area (Å²) in [6.45, 7) is 0. The van der Waals surface area contributed by atoms with Gasteiger partial charge in [-0.15, -0.1) is 0 Å². The molecule has 0 fully saturated rings. The quantitative estimate of drug-likeness (QED) is 0.728. The minimum atomic E-state index is 0.575. The van der Waals surface area contributed by atoms with E-state index < -0.39 is 0 Å². The number of benzene rings is 1. The molecule has 19 heavy (non-hydrogen) atoms. The number of rotatable bonds is 2. The second-order valence-electron chi connectivity index (χ2n) is 4.07. The number of nitrogens with zero attached hydrogens (tertiary/aromatic N) is 3. The second-order valence-corrected chi connectivity index (χ2v) is 4.48. The van der Waals surface area contributed by atoms with Gasteiger partial charge >= 0.3 is 0 Å². The molecule has 0 atom stereocenters. The Bertz CT molecular complexity index is 721. The molecule has 3 rings (SSSR count). The fourth-order valence-electron chi connectivity index (χ4n) is 1.95. The van der Waals surface area contributed by atoms with E-state index in [1.165, 1.54) is 0 Å². The van der Waals surface area contributed by atoms with Gasteiger partial charge in [0.2, 0.25) is 0 Å². The Hall–Kier alpha value is -2.33. The van der Waals surface area contributed by atoms with Crippen molar-refractivity contribution in [3.05, 3.63) is 60.1 Å². The molecule has 0 saturated carbocycles. The van der Waals surface area contributed by atoms with E-state index in [-0.39, 0.29) is 0 Å². The summed E-state index contributed by atoms with van der Waals surface area (Å²) >= 11 is 6.17. The molecule has 2 aromatic heterocycles. The van der Waals surface area contributed by atoms with Gasteiger partial charge in [-0.05, 0) is 18.2 Å². The Morgan fingerprint density at radius 2 is 2.05 bits per heavy atom. The molecule has 0 aliphatic rings. The first-order valence-electron chi connectivity index (χ1n) is 5.75. The van der Waals surface area contributed by atoms with Crippen molar-refractivity contribution in [2.45, 2.75) is 0 Å². The second kappa shape index (κ2) is 4.74. The van der Waals surface area contributed by atoms with Crippen molar-refractivity contribution in [1.82, 2.24) is 14.5 Å². The highest BCUT2D eigenvalue weighted by molar-refractivity contribution is 6.32. The average molecular weight is 271 g/mol. The van der Waals surface area contributed by atoms with Crippen molar-refractivity contribution >= 4 is 17.3 Å². The van der Waals surface area contributed by atoms with Gasteiger partial charge in [-0.25, -0.2) is 4.98 Å². The molecule has 0 saturated heterocycles. The molecule has 0 spiro atoms. The summed E-state index contributed by atoms with van der Waals surface area (Å²) in [4.78, 5) is 8.36. The summed E-state index contributed by atoms with van der Waals surface area (Å²) in [6, 6.07) is 9.44. The normalized spacial score (nSPS) is 10.6. The highest BCUT2D eigenvalue weighted by Crippen LogP contribution is 2.26. The van der Waals surface area contributed by atoms with Crippen molar-refractivity contribution in [1.29, 1.82) is 0 Å². The first kappa shape index (κ1) is 11.7. The highest BCUT2D eigenvalue weighted by Gasteiger charge is 2.10. The first-order chi connectivity index (χ1) is 9.25. The van der Waals surface area contributed by atoms with Crippen LogP contribution in [0, 0.1) is 0 Å². The average Bonchev–Trinajstić information content (AvgIpc) is 2.88. The maximum Gasteiger partial charge on any atom is 0.144 e. The molecule has 0 unspecified atom stereocenters. The van der Waals surface area contributed by atoms with E-state index in [9.17, 15) is 0 Å². The van der Waals surface area contributed by atoms with Gasteiger partial charge in [0.25, 0.3) is 0 Å². The third-order valence-corrected chi connectivity index (χ3v) is 3.09. The lowest BCUT2D eigenvalue weighted by molar-refractivity contribution is 1.06. The fraction of sp³-hybridized carbons (Fsp3) is 0. The minimum Gasteiger partial charge on any atom is -0.399 e. The minimum absolute atomic E-state index is 0.575. The summed E-state index contributed by atoms with van der Waals surface area (Å²) in [5.74, 6) is 0.792. The molecule has 3 aromatic rings. The van der Waals surface area contributed by atoms with E-state index in [2.05, 4.69) is 9.97 Å². The van der Waals surface area contributed by atoms with Crippen LogP contribution in [0.4, 0.5) is 5.69 Å². The number of halogens is 1. The van der Waals surface area contributed by atoms with Crippen LogP contribution in [0.2, 0.25) is 5.02 Å². The van der Waals surface area contributed by atoms with E-state index in [4.69, 9.17) is 17.3 Å². The Kier molecular flexibility index (Phi) is 2.93. The van der Waals surface area contributed by atoms with Gasteiger partial charge in [0.1, 0.15) is 5.82 Å². The molecule has 2 N–H and O–H groups in total. The van der Waals surface area contributed by atoms with Crippen LogP contribution in [-0.4, -0.2) is 14.5 Å².